The Labute approximate surface area is 113 Å². The predicted molar refractivity (Wildman–Crippen MR) is 73.3 cm³/mol. The molecule has 6 nitrogen and oxygen atoms in total. The summed E-state index contributed by atoms with van der Waals surface area (Å²) in [5.74, 6) is 0. The largest absolute Gasteiger partial charge is 0.399 e. The van der Waals surface area contributed by atoms with Crippen LogP contribution in [-0.2, 0) is 10.0 Å². The van der Waals surface area contributed by atoms with E-state index in [0.717, 1.165) is 4.31 Å². The summed E-state index contributed by atoms with van der Waals surface area (Å²) in [7, 11) is -3.75. The first-order valence-electron chi connectivity index (χ1n) is 5.93. The van der Waals surface area contributed by atoms with E-state index >= 15 is 0 Å². The zero-order valence-corrected chi connectivity index (χ0v) is 11.9. The third-order valence-electron chi connectivity index (χ3n) is 2.78. The molecule has 0 aromatic heterocycles. The molecule has 1 aromatic carbocycles. The second-order valence-corrected chi connectivity index (χ2v) is 6.21. The highest BCUT2D eigenvalue weighted by Crippen LogP contribution is 2.25. The number of aliphatic hydroxyl groups is 2. The topological polar surface area (TPSA) is 104 Å². The first-order valence-corrected chi connectivity index (χ1v) is 7.37. The van der Waals surface area contributed by atoms with E-state index in [1.165, 1.54) is 0 Å². The van der Waals surface area contributed by atoms with Crippen molar-refractivity contribution in [1.82, 2.24) is 4.31 Å². The molecule has 0 fully saturated rings. The Hall–Kier alpha value is -1.15. The number of sulfonamides is 1. The van der Waals surface area contributed by atoms with Crippen molar-refractivity contribution >= 4 is 15.7 Å². The van der Waals surface area contributed by atoms with Crippen LogP contribution in [0.15, 0.2) is 17.0 Å². The summed E-state index contributed by atoms with van der Waals surface area (Å²) in [5.41, 5.74) is 7.29. The standard InChI is InChI=1S/C12H20N2O4S/c1-9-7-11(13)8-10(2)12(9)19(17,18)14(3-5-15)4-6-16/h7-8,15-16H,3-6,13H2,1-2H3. The molecule has 0 atom stereocenters. The molecule has 7 heteroatoms. The van der Waals surface area contributed by atoms with Crippen LogP contribution < -0.4 is 5.73 Å². The molecule has 1 rings (SSSR count). The van der Waals surface area contributed by atoms with Gasteiger partial charge in [0.25, 0.3) is 0 Å². The number of nitrogens with zero attached hydrogens (tertiary/aromatic N) is 1. The Balaban J connectivity index is 3.33. The van der Waals surface area contributed by atoms with Gasteiger partial charge < -0.3 is 15.9 Å². The van der Waals surface area contributed by atoms with E-state index in [2.05, 4.69) is 0 Å². The van der Waals surface area contributed by atoms with E-state index in [-0.39, 0.29) is 31.2 Å². The number of aryl methyl sites for hydroxylation is 2. The molecule has 0 amide bonds. The van der Waals surface area contributed by atoms with Crippen LogP contribution in [0.5, 0.6) is 0 Å². The van der Waals surface area contributed by atoms with Crippen molar-refractivity contribution in [3.8, 4) is 0 Å². The summed E-state index contributed by atoms with van der Waals surface area (Å²) >= 11 is 0. The van der Waals surface area contributed by atoms with Gasteiger partial charge in [-0.1, -0.05) is 0 Å². The van der Waals surface area contributed by atoms with E-state index in [1.807, 2.05) is 0 Å². The molecule has 0 saturated heterocycles. The van der Waals surface area contributed by atoms with Gasteiger partial charge in [-0.2, -0.15) is 4.31 Å². The molecule has 108 valence electrons. The smallest absolute Gasteiger partial charge is 0.243 e. The Morgan fingerprint density at radius 1 is 1.11 bits per heavy atom. The molecule has 1 aromatic rings. The van der Waals surface area contributed by atoms with Crippen molar-refractivity contribution in [3.63, 3.8) is 0 Å². The number of nitrogen functional groups attached to an aromatic ring is 1. The summed E-state index contributed by atoms with van der Waals surface area (Å²) in [6.45, 7) is 2.65. The average Bonchev–Trinajstić information content (AvgIpc) is 2.26. The van der Waals surface area contributed by atoms with E-state index < -0.39 is 10.0 Å². The van der Waals surface area contributed by atoms with E-state index in [9.17, 15) is 8.42 Å². The molecule has 19 heavy (non-hydrogen) atoms. The molecule has 0 aliphatic rings. The predicted octanol–water partition coefficient (Wildman–Crippen LogP) is -0.139. The van der Waals surface area contributed by atoms with Gasteiger partial charge in [-0.15, -0.1) is 0 Å². The second-order valence-electron chi connectivity index (χ2n) is 4.34. The summed E-state index contributed by atoms with van der Waals surface area (Å²) in [6.07, 6.45) is 0. The van der Waals surface area contributed by atoms with Crippen LogP contribution in [-0.4, -0.2) is 49.2 Å². The highest BCUT2D eigenvalue weighted by Gasteiger charge is 2.27. The minimum atomic E-state index is -3.75. The van der Waals surface area contributed by atoms with Gasteiger partial charge in [0, 0.05) is 18.8 Å². The summed E-state index contributed by atoms with van der Waals surface area (Å²) in [5, 5.41) is 17.9. The molecule has 0 bridgehead atoms. The lowest BCUT2D eigenvalue weighted by molar-refractivity contribution is 0.217. The maximum Gasteiger partial charge on any atom is 0.243 e. The van der Waals surface area contributed by atoms with Crippen LogP contribution in [0, 0.1) is 13.8 Å². The molecule has 0 aliphatic heterocycles. The Morgan fingerprint density at radius 3 is 1.89 bits per heavy atom. The summed E-state index contributed by atoms with van der Waals surface area (Å²) in [4.78, 5) is 0.184. The molecule has 4 N–H and O–H groups in total. The minimum absolute atomic E-state index is 0.0495. The maximum absolute atomic E-state index is 12.5. The Bertz CT molecular complexity index is 514. The quantitative estimate of drug-likeness (QED) is 0.632. The Morgan fingerprint density at radius 2 is 1.53 bits per heavy atom. The lowest BCUT2D eigenvalue weighted by Gasteiger charge is -2.22. The normalized spacial score (nSPS) is 12.1. The van der Waals surface area contributed by atoms with Crippen LogP contribution in [0.3, 0.4) is 0 Å². The van der Waals surface area contributed by atoms with Crippen molar-refractivity contribution in [2.45, 2.75) is 18.7 Å². The van der Waals surface area contributed by atoms with Gasteiger partial charge in [0.1, 0.15) is 0 Å². The monoisotopic (exact) mass is 288 g/mol. The van der Waals surface area contributed by atoms with Crippen LogP contribution in [0.1, 0.15) is 11.1 Å². The first kappa shape index (κ1) is 15.9. The third kappa shape index (κ3) is 3.44. The van der Waals surface area contributed by atoms with Crippen LogP contribution in [0.25, 0.3) is 0 Å². The van der Waals surface area contributed by atoms with Gasteiger partial charge in [-0.05, 0) is 37.1 Å². The number of rotatable bonds is 6. The summed E-state index contributed by atoms with van der Waals surface area (Å²) < 4.78 is 26.1. The van der Waals surface area contributed by atoms with Gasteiger partial charge in [0.05, 0.1) is 18.1 Å². The van der Waals surface area contributed by atoms with E-state index in [4.69, 9.17) is 15.9 Å². The molecule has 0 spiro atoms. The number of aliphatic hydroxyl groups excluding tert-OH is 2. The Kier molecular flexibility index (Phi) is 5.30. The molecule has 0 unspecified atom stereocenters. The van der Waals surface area contributed by atoms with E-state index in [1.54, 1.807) is 26.0 Å². The molecule has 0 aliphatic carbocycles. The zero-order chi connectivity index (χ0) is 14.6. The van der Waals surface area contributed by atoms with Crippen LogP contribution in [0.2, 0.25) is 0 Å². The van der Waals surface area contributed by atoms with Gasteiger partial charge in [-0.25, -0.2) is 8.42 Å². The lowest BCUT2D eigenvalue weighted by atomic mass is 10.1. The molecular formula is C12H20N2O4S. The summed E-state index contributed by atoms with van der Waals surface area (Å²) in [6, 6.07) is 3.19. The minimum Gasteiger partial charge on any atom is -0.399 e. The maximum atomic E-state index is 12.5. The van der Waals surface area contributed by atoms with Crippen molar-refractivity contribution in [2.75, 3.05) is 32.0 Å². The highest BCUT2D eigenvalue weighted by molar-refractivity contribution is 7.89. The van der Waals surface area contributed by atoms with Gasteiger partial charge in [-0.3, -0.25) is 0 Å². The van der Waals surface area contributed by atoms with Crippen molar-refractivity contribution < 1.29 is 18.6 Å². The van der Waals surface area contributed by atoms with Crippen molar-refractivity contribution in [1.29, 1.82) is 0 Å². The van der Waals surface area contributed by atoms with E-state index in [0.29, 0.717) is 16.8 Å². The number of anilines is 1. The SMILES string of the molecule is Cc1cc(N)cc(C)c1S(=O)(=O)N(CCO)CCO. The fourth-order valence-corrected chi connectivity index (χ4v) is 3.93. The van der Waals surface area contributed by atoms with Crippen molar-refractivity contribution in [2.24, 2.45) is 0 Å². The second kappa shape index (κ2) is 6.33. The molecule has 0 saturated carbocycles. The number of benzene rings is 1. The molecular weight excluding hydrogens is 268 g/mol. The highest BCUT2D eigenvalue weighted by atomic mass is 32.2. The molecule has 0 radical (unpaired) electrons. The number of hydrogen-bond donors (Lipinski definition) is 3. The molecule has 0 heterocycles. The van der Waals surface area contributed by atoms with Crippen LogP contribution >= 0.6 is 0 Å². The fraction of sp³-hybridized carbons (Fsp3) is 0.500. The van der Waals surface area contributed by atoms with Crippen molar-refractivity contribution in [3.05, 3.63) is 23.3 Å². The van der Waals surface area contributed by atoms with Gasteiger partial charge in [0.2, 0.25) is 10.0 Å². The first-order chi connectivity index (χ1) is 8.84. The number of nitrogens with two attached hydrogens (primary N) is 1. The van der Waals surface area contributed by atoms with Gasteiger partial charge in [0.15, 0.2) is 0 Å². The zero-order valence-electron chi connectivity index (χ0n) is 11.1. The lowest BCUT2D eigenvalue weighted by Crippen LogP contribution is -2.36. The number of hydrogen-bond acceptors (Lipinski definition) is 5. The van der Waals surface area contributed by atoms with Crippen LogP contribution in [0.4, 0.5) is 5.69 Å². The fourth-order valence-electron chi connectivity index (χ4n) is 2.09. The third-order valence-corrected chi connectivity index (χ3v) is 4.98. The van der Waals surface area contributed by atoms with Gasteiger partial charge >= 0.3 is 0 Å². The average molecular weight is 288 g/mol.